The van der Waals surface area contributed by atoms with E-state index in [2.05, 4.69) is 33.4 Å². The summed E-state index contributed by atoms with van der Waals surface area (Å²) in [6, 6.07) is 10.4. The highest BCUT2D eigenvalue weighted by atomic mass is 35.5. The fraction of sp³-hybridized carbons (Fsp3) is 0.320. The molecule has 1 aliphatic heterocycles. The van der Waals surface area contributed by atoms with Crippen molar-refractivity contribution >= 4 is 34.8 Å². The Morgan fingerprint density at radius 1 is 1.06 bits per heavy atom. The predicted octanol–water partition coefficient (Wildman–Crippen LogP) is 5.73. The largest absolute Gasteiger partial charge is 0.338 e. The van der Waals surface area contributed by atoms with Crippen LogP contribution in [0.1, 0.15) is 26.7 Å². The van der Waals surface area contributed by atoms with Gasteiger partial charge in [-0.3, -0.25) is 9.38 Å². The normalized spacial score (nSPS) is 16.3. The number of imidazole rings is 1. The van der Waals surface area contributed by atoms with E-state index in [1.807, 2.05) is 42.7 Å². The van der Waals surface area contributed by atoms with Crippen molar-refractivity contribution in [1.29, 1.82) is 0 Å². The topological polar surface area (TPSA) is 58.3 Å². The van der Waals surface area contributed by atoms with Crippen LogP contribution in [-0.4, -0.2) is 44.5 Å². The van der Waals surface area contributed by atoms with Gasteiger partial charge in [-0.1, -0.05) is 43.1 Å². The van der Waals surface area contributed by atoms with Crippen molar-refractivity contribution in [2.75, 3.05) is 18.0 Å². The number of nitrogens with one attached hydrogen (secondary N) is 1. The van der Waals surface area contributed by atoms with Crippen molar-refractivity contribution in [2.24, 2.45) is 0 Å². The van der Waals surface area contributed by atoms with Crippen molar-refractivity contribution in [1.82, 2.24) is 24.7 Å². The first kappa shape index (κ1) is 22.1. The molecule has 4 heterocycles. The summed E-state index contributed by atoms with van der Waals surface area (Å²) in [4.78, 5) is 16.6. The smallest absolute Gasteiger partial charge is 0.212 e. The Hall–Kier alpha value is -2.67. The maximum Gasteiger partial charge on any atom is 0.212 e. The van der Waals surface area contributed by atoms with E-state index in [9.17, 15) is 0 Å². The van der Waals surface area contributed by atoms with Crippen molar-refractivity contribution in [3.05, 3.63) is 65.2 Å². The minimum Gasteiger partial charge on any atom is -0.338 e. The lowest BCUT2D eigenvalue weighted by Crippen LogP contribution is -2.41. The summed E-state index contributed by atoms with van der Waals surface area (Å²) in [5.41, 5.74) is 4.52. The molecule has 0 spiro atoms. The number of fused-ring (bicyclic) bond motifs is 1. The van der Waals surface area contributed by atoms with Crippen molar-refractivity contribution in [3.63, 3.8) is 0 Å². The van der Waals surface area contributed by atoms with Crippen LogP contribution < -0.4 is 10.2 Å². The van der Waals surface area contributed by atoms with Gasteiger partial charge in [-0.05, 0) is 42.7 Å². The van der Waals surface area contributed by atoms with Gasteiger partial charge >= 0.3 is 0 Å². The molecule has 0 radical (unpaired) electrons. The molecule has 1 saturated heterocycles. The van der Waals surface area contributed by atoms with E-state index < -0.39 is 0 Å². The van der Waals surface area contributed by atoms with Gasteiger partial charge < -0.3 is 10.2 Å². The maximum atomic E-state index is 6.40. The van der Waals surface area contributed by atoms with Crippen LogP contribution in [-0.2, 0) is 0 Å². The summed E-state index contributed by atoms with van der Waals surface area (Å²) in [7, 11) is 0. The Bertz CT molecular complexity index is 1270. The molecule has 1 atom stereocenters. The van der Waals surface area contributed by atoms with Crippen molar-refractivity contribution < 1.29 is 0 Å². The lowest BCUT2D eigenvalue weighted by molar-refractivity contribution is 0.520. The summed E-state index contributed by atoms with van der Waals surface area (Å²) in [6.07, 6.45) is 9.67. The highest BCUT2D eigenvalue weighted by Crippen LogP contribution is 2.39. The molecule has 0 amide bonds. The minimum absolute atomic E-state index is 0.381. The van der Waals surface area contributed by atoms with E-state index in [4.69, 9.17) is 33.2 Å². The Kier molecular flexibility index (Phi) is 6.23. The van der Waals surface area contributed by atoms with E-state index in [0.29, 0.717) is 22.1 Å². The number of nitrogens with zero attached hydrogens (tertiary/aromatic N) is 5. The number of aromatic nitrogens is 4. The van der Waals surface area contributed by atoms with Gasteiger partial charge in [0.1, 0.15) is 5.65 Å². The molecule has 1 aromatic carbocycles. The molecule has 33 heavy (non-hydrogen) atoms. The summed E-state index contributed by atoms with van der Waals surface area (Å²) in [6.45, 7) is 6.25. The molecule has 0 aliphatic carbocycles. The first-order valence-electron chi connectivity index (χ1n) is 11.3. The number of hydrogen-bond acceptors (Lipinski definition) is 5. The number of hydrogen-bond donors (Lipinski definition) is 1. The standard InChI is InChI=1S/C25H26Cl2N6/c1-16(2)30-15-19-4-3-12-32(19)25-31-23(17-7-9-28-10-8-17)22(24-29-11-13-33(24)25)18-5-6-20(26)21(27)14-18/h5-11,13-14,16,19,30H,3-4,12,15H2,1-2H3. The molecule has 1 aliphatic rings. The first-order valence-corrected chi connectivity index (χ1v) is 12.0. The zero-order valence-corrected chi connectivity index (χ0v) is 20.2. The second-order valence-electron chi connectivity index (χ2n) is 8.67. The maximum absolute atomic E-state index is 6.40. The molecule has 170 valence electrons. The van der Waals surface area contributed by atoms with Crippen LogP contribution >= 0.6 is 23.2 Å². The molecule has 0 saturated carbocycles. The number of benzene rings is 1. The van der Waals surface area contributed by atoms with E-state index >= 15 is 0 Å². The first-order chi connectivity index (χ1) is 16.0. The van der Waals surface area contributed by atoms with E-state index in [1.165, 1.54) is 0 Å². The SMILES string of the molecule is CC(C)NCC1CCCN1c1nc(-c2ccncc2)c(-c2ccc(Cl)c(Cl)c2)c2nccn12. The molecular formula is C25H26Cl2N6. The van der Waals surface area contributed by atoms with Gasteiger partial charge in [0.05, 0.1) is 21.3 Å². The Balaban J connectivity index is 1.72. The van der Waals surface area contributed by atoms with Crippen LogP contribution in [0.3, 0.4) is 0 Å². The fourth-order valence-electron chi connectivity index (χ4n) is 4.49. The zero-order valence-electron chi connectivity index (χ0n) is 18.7. The molecular weight excluding hydrogens is 455 g/mol. The van der Waals surface area contributed by atoms with Gasteiger partial charge in [-0.15, -0.1) is 0 Å². The van der Waals surface area contributed by atoms with Gasteiger partial charge in [0.15, 0.2) is 0 Å². The van der Waals surface area contributed by atoms with Crippen molar-refractivity contribution in [2.45, 2.75) is 38.8 Å². The molecule has 1 N–H and O–H groups in total. The number of anilines is 1. The van der Waals surface area contributed by atoms with Crippen LogP contribution in [0.15, 0.2) is 55.1 Å². The fourth-order valence-corrected chi connectivity index (χ4v) is 4.79. The van der Waals surface area contributed by atoms with Crippen molar-refractivity contribution in [3.8, 4) is 22.4 Å². The molecule has 0 bridgehead atoms. The van der Waals surface area contributed by atoms with E-state index in [0.717, 1.165) is 59.9 Å². The van der Waals surface area contributed by atoms with Gasteiger partial charge in [-0.2, -0.15) is 0 Å². The number of pyridine rings is 1. The molecule has 8 heteroatoms. The Morgan fingerprint density at radius 3 is 2.64 bits per heavy atom. The number of rotatable bonds is 6. The highest BCUT2D eigenvalue weighted by molar-refractivity contribution is 6.42. The molecule has 1 fully saturated rings. The van der Waals surface area contributed by atoms with E-state index in [-0.39, 0.29) is 0 Å². The monoisotopic (exact) mass is 480 g/mol. The summed E-state index contributed by atoms with van der Waals surface area (Å²) < 4.78 is 2.09. The Labute approximate surface area is 203 Å². The molecule has 6 nitrogen and oxygen atoms in total. The highest BCUT2D eigenvalue weighted by Gasteiger charge is 2.29. The van der Waals surface area contributed by atoms with Gasteiger partial charge in [0, 0.05) is 55.5 Å². The second-order valence-corrected chi connectivity index (χ2v) is 9.49. The summed E-state index contributed by atoms with van der Waals surface area (Å²) in [5, 5.41) is 4.62. The second kappa shape index (κ2) is 9.29. The molecule has 4 aromatic rings. The van der Waals surface area contributed by atoms with Gasteiger partial charge in [-0.25, -0.2) is 9.97 Å². The summed E-state index contributed by atoms with van der Waals surface area (Å²) >= 11 is 12.6. The van der Waals surface area contributed by atoms with Crippen LogP contribution in [0, 0.1) is 0 Å². The van der Waals surface area contributed by atoms with Crippen LogP contribution in [0.25, 0.3) is 28.0 Å². The van der Waals surface area contributed by atoms with Crippen LogP contribution in [0.4, 0.5) is 5.95 Å². The average molecular weight is 481 g/mol. The summed E-state index contributed by atoms with van der Waals surface area (Å²) in [5.74, 6) is 0.908. The zero-order chi connectivity index (χ0) is 22.9. The predicted molar refractivity (Wildman–Crippen MR) is 135 cm³/mol. The van der Waals surface area contributed by atoms with Gasteiger partial charge in [0.2, 0.25) is 5.95 Å². The number of halogens is 2. The quantitative estimate of drug-likeness (QED) is 0.381. The van der Waals surface area contributed by atoms with Crippen LogP contribution in [0.2, 0.25) is 10.0 Å². The molecule has 3 aromatic heterocycles. The third kappa shape index (κ3) is 4.31. The van der Waals surface area contributed by atoms with Gasteiger partial charge in [0.25, 0.3) is 0 Å². The average Bonchev–Trinajstić information content (AvgIpc) is 3.49. The molecule has 1 unspecified atom stereocenters. The lowest BCUT2D eigenvalue weighted by atomic mass is 10.0. The third-order valence-corrected chi connectivity index (χ3v) is 6.83. The Morgan fingerprint density at radius 2 is 1.88 bits per heavy atom. The van der Waals surface area contributed by atoms with E-state index in [1.54, 1.807) is 12.4 Å². The van der Waals surface area contributed by atoms with Crippen LogP contribution in [0.5, 0.6) is 0 Å². The molecule has 5 rings (SSSR count). The minimum atomic E-state index is 0.381. The lowest BCUT2D eigenvalue weighted by Gasteiger charge is -2.28. The third-order valence-electron chi connectivity index (χ3n) is 6.09.